The molecule has 0 unspecified atom stereocenters. The maximum atomic E-state index is 13.3. The van der Waals surface area contributed by atoms with Gasteiger partial charge in [-0.3, -0.25) is 13.9 Å². The van der Waals surface area contributed by atoms with Gasteiger partial charge in [0.15, 0.2) is 0 Å². The summed E-state index contributed by atoms with van der Waals surface area (Å²) in [5, 5.41) is 18.7. The molecular weight excluding hydrogens is 615 g/mol. The van der Waals surface area contributed by atoms with E-state index < -0.39 is 28.5 Å². The van der Waals surface area contributed by atoms with Gasteiger partial charge < -0.3 is 14.9 Å². The second-order valence-corrected chi connectivity index (χ2v) is 11.3. The summed E-state index contributed by atoms with van der Waals surface area (Å²) in [6.45, 7) is 2.55. The average Bonchev–Trinajstić information content (AvgIpc) is 2.81. The van der Waals surface area contributed by atoms with E-state index in [1.165, 1.54) is 52.3 Å². The maximum absolute atomic E-state index is 13.3. The Morgan fingerprint density at radius 2 is 1.76 bits per heavy atom. The van der Waals surface area contributed by atoms with Gasteiger partial charge in [-0.2, -0.15) is 4.31 Å². The number of nitrogens with zero attached hydrogens (tertiary/aromatic N) is 2. The van der Waals surface area contributed by atoms with E-state index in [4.69, 9.17) is 4.74 Å². The maximum Gasteiger partial charge on any atom is 0.324 e. The van der Waals surface area contributed by atoms with Crippen molar-refractivity contribution in [1.29, 1.82) is 0 Å². The molecule has 0 aliphatic carbocycles. The molecule has 0 radical (unpaired) electrons. The summed E-state index contributed by atoms with van der Waals surface area (Å²) < 4.78 is 34.0. The molecule has 0 fully saturated rings. The van der Waals surface area contributed by atoms with Gasteiger partial charge in [-0.05, 0) is 48.2 Å². The van der Waals surface area contributed by atoms with Crippen LogP contribution in [0.3, 0.4) is 0 Å². The first-order chi connectivity index (χ1) is 16.1. The van der Waals surface area contributed by atoms with Crippen LogP contribution in [0.15, 0.2) is 52.8 Å². The molecule has 0 amide bonds. The van der Waals surface area contributed by atoms with Crippen LogP contribution < -0.4 is 9.04 Å². The van der Waals surface area contributed by atoms with Gasteiger partial charge in [0.05, 0.1) is 17.7 Å². The first-order valence-electron chi connectivity index (χ1n) is 9.54. The van der Waals surface area contributed by atoms with Crippen molar-refractivity contribution < 1.29 is 33.0 Å². The highest BCUT2D eigenvalue weighted by Gasteiger charge is 2.28. The number of carboxylic acid groups (broad SMARTS) is 2. The van der Waals surface area contributed by atoms with Crippen LogP contribution in [0.5, 0.6) is 5.75 Å². The minimum atomic E-state index is -4.16. The molecule has 0 aliphatic rings. The van der Waals surface area contributed by atoms with Gasteiger partial charge in [0.25, 0.3) is 0 Å². The number of hydrogen-bond acceptors (Lipinski definition) is 8. The fourth-order valence-electron chi connectivity index (χ4n) is 3.09. The van der Waals surface area contributed by atoms with Crippen LogP contribution in [-0.4, -0.2) is 61.3 Å². The summed E-state index contributed by atoms with van der Waals surface area (Å²) in [5.41, 5.74) is 1.74. The van der Waals surface area contributed by atoms with Crippen LogP contribution in [0.1, 0.15) is 11.1 Å². The second kappa shape index (κ2) is 12.7. The fraction of sp³-hybridized carbons (Fsp3) is 0.238. The number of sulfonamides is 1. The Bertz CT molecular complexity index is 1160. The van der Waals surface area contributed by atoms with E-state index in [2.05, 4.69) is 6.58 Å². The molecule has 184 valence electrons. The van der Waals surface area contributed by atoms with Crippen LogP contribution in [0.25, 0.3) is 6.08 Å². The van der Waals surface area contributed by atoms with E-state index in [1.54, 1.807) is 22.5 Å². The predicted molar refractivity (Wildman–Crippen MR) is 143 cm³/mol. The zero-order chi connectivity index (χ0) is 25.5. The molecule has 9 nitrogen and oxygen atoms in total. The first-order valence-corrected chi connectivity index (χ1v) is 15.5. The van der Waals surface area contributed by atoms with Crippen LogP contribution in [-0.2, 0) is 26.2 Å². The summed E-state index contributed by atoms with van der Waals surface area (Å²) in [6, 6.07) is 9.07. The van der Waals surface area contributed by atoms with Crippen molar-refractivity contribution in [3.8, 4) is 5.75 Å². The molecule has 2 aromatic rings. The molecule has 34 heavy (non-hydrogen) atoms. The molecule has 0 aromatic heterocycles. The number of carbonyl (C=O) groups is 2. The molecule has 2 N–H and O–H groups in total. The van der Waals surface area contributed by atoms with Crippen molar-refractivity contribution in [2.45, 2.75) is 16.3 Å². The Balaban J connectivity index is 2.57. The molecule has 0 saturated carbocycles. The summed E-state index contributed by atoms with van der Waals surface area (Å²) in [7, 11) is -1.53. The van der Waals surface area contributed by atoms with E-state index in [0.717, 1.165) is 9.20 Å². The van der Waals surface area contributed by atoms with Crippen molar-refractivity contribution in [2.75, 3.05) is 30.8 Å². The Morgan fingerprint density at radius 1 is 1.15 bits per heavy atom. The summed E-state index contributed by atoms with van der Waals surface area (Å²) >= 11 is 3.36. The van der Waals surface area contributed by atoms with E-state index in [9.17, 15) is 28.2 Å². The lowest BCUT2D eigenvalue weighted by molar-refractivity contribution is -0.137. The molecule has 0 aliphatic heterocycles. The molecular formula is C21H23IN2O7S3. The van der Waals surface area contributed by atoms with Gasteiger partial charge in [0.1, 0.15) is 18.8 Å². The van der Waals surface area contributed by atoms with E-state index in [-0.39, 0.29) is 18.0 Å². The number of aliphatic carboxylic acids is 2. The Kier molecular flexibility index (Phi) is 10.5. The summed E-state index contributed by atoms with van der Waals surface area (Å²) in [4.78, 5) is 23.6. The fourth-order valence-corrected chi connectivity index (χ4v) is 6.58. The zero-order valence-electron chi connectivity index (χ0n) is 18.3. The number of hydrogen-bond donors (Lipinski definition) is 2. The summed E-state index contributed by atoms with van der Waals surface area (Å²) in [5.74, 6) is -1.88. The number of benzene rings is 2. The van der Waals surface area contributed by atoms with Crippen LogP contribution in [0, 0.1) is 0 Å². The lowest BCUT2D eigenvalue weighted by Gasteiger charge is -2.25. The molecule has 0 atom stereocenters. The molecule has 0 bridgehead atoms. The van der Waals surface area contributed by atoms with Gasteiger partial charge in [0, 0.05) is 47.3 Å². The Hall–Kier alpha value is -1.94. The van der Waals surface area contributed by atoms with Crippen molar-refractivity contribution in [1.82, 2.24) is 4.31 Å². The first kappa shape index (κ1) is 28.3. The molecule has 2 rings (SSSR count). The molecule has 13 heteroatoms. The molecule has 0 heterocycles. The highest BCUT2D eigenvalue weighted by molar-refractivity contribution is 14.2. The molecule has 0 saturated heterocycles. The quantitative estimate of drug-likeness (QED) is 0.187. The van der Waals surface area contributed by atoms with Gasteiger partial charge in [-0.1, -0.05) is 12.7 Å². The van der Waals surface area contributed by atoms with Crippen molar-refractivity contribution in [2.24, 2.45) is 0 Å². The standard InChI is InChI=1S/C21H23IN2O7S3/c1-4-17-18(24(33-22)13-21(27)28)9-14(10-19(17)32-3)11-23(12-20(25)26)34(29,30)16-7-5-15(31-2)6-8-16/h4-10H,1,11-13H2,2-3H3,(H,25,26)(H,27,28). The third-order valence-electron chi connectivity index (χ3n) is 4.60. The number of carboxylic acids is 2. The minimum absolute atomic E-state index is 0.0714. The van der Waals surface area contributed by atoms with Gasteiger partial charge in [-0.15, -0.1) is 11.8 Å². The van der Waals surface area contributed by atoms with Crippen molar-refractivity contribution >= 4 is 75.8 Å². The number of halogens is 1. The Morgan fingerprint density at radius 3 is 2.24 bits per heavy atom. The van der Waals surface area contributed by atoms with E-state index in [0.29, 0.717) is 22.6 Å². The third-order valence-corrected chi connectivity index (χ3v) is 9.11. The van der Waals surface area contributed by atoms with Crippen molar-refractivity contribution in [3.63, 3.8) is 0 Å². The van der Waals surface area contributed by atoms with Gasteiger partial charge in [-0.25, -0.2) is 8.42 Å². The lowest BCUT2D eigenvalue weighted by Crippen LogP contribution is -2.35. The van der Waals surface area contributed by atoms with Crippen LogP contribution >= 0.6 is 42.1 Å². The monoisotopic (exact) mass is 638 g/mol. The van der Waals surface area contributed by atoms with Gasteiger partial charge in [0.2, 0.25) is 10.0 Å². The smallest absolute Gasteiger partial charge is 0.324 e. The highest BCUT2D eigenvalue weighted by atomic mass is 127. The zero-order valence-corrected chi connectivity index (χ0v) is 22.9. The number of thioether (sulfide) groups is 1. The second-order valence-electron chi connectivity index (χ2n) is 6.78. The van der Waals surface area contributed by atoms with Gasteiger partial charge >= 0.3 is 11.9 Å². The highest BCUT2D eigenvalue weighted by Crippen LogP contribution is 2.37. The lowest BCUT2D eigenvalue weighted by atomic mass is 10.1. The minimum Gasteiger partial charge on any atom is -0.497 e. The number of ether oxygens (including phenoxy) is 1. The topological polar surface area (TPSA) is 124 Å². The largest absolute Gasteiger partial charge is 0.497 e. The normalized spacial score (nSPS) is 11.3. The number of rotatable bonds is 13. The third kappa shape index (κ3) is 7.04. The van der Waals surface area contributed by atoms with E-state index >= 15 is 0 Å². The number of methoxy groups -OCH3 is 1. The molecule has 2 aromatic carbocycles. The summed E-state index contributed by atoms with van der Waals surface area (Å²) in [6.07, 6.45) is 3.44. The van der Waals surface area contributed by atoms with Crippen LogP contribution in [0.4, 0.5) is 5.69 Å². The molecule has 0 spiro atoms. The average molecular weight is 639 g/mol. The van der Waals surface area contributed by atoms with E-state index in [1.807, 2.05) is 27.5 Å². The van der Waals surface area contributed by atoms with Crippen molar-refractivity contribution in [3.05, 3.63) is 54.1 Å². The number of anilines is 1. The Labute approximate surface area is 218 Å². The van der Waals surface area contributed by atoms with Crippen LogP contribution in [0.2, 0.25) is 0 Å². The SMILES string of the molecule is C=Cc1c(SC)cc(CN(CC(=O)O)S(=O)(=O)c2ccc(OC)cc2)cc1N(CC(=O)O)SI. The predicted octanol–water partition coefficient (Wildman–Crippen LogP) is 4.22.